The molecule has 2 saturated carbocycles. The van der Waals surface area contributed by atoms with Crippen molar-refractivity contribution in [1.82, 2.24) is 0 Å². The van der Waals surface area contributed by atoms with Gasteiger partial charge in [0.2, 0.25) is 0 Å². The predicted molar refractivity (Wildman–Crippen MR) is 86.7 cm³/mol. The fourth-order valence-corrected chi connectivity index (χ4v) is 4.65. The van der Waals surface area contributed by atoms with Crippen LogP contribution in [0.1, 0.15) is 90.4 Å². The van der Waals surface area contributed by atoms with Gasteiger partial charge in [0.15, 0.2) is 0 Å². The van der Waals surface area contributed by atoms with Crippen LogP contribution in [0, 0.1) is 23.7 Å². The summed E-state index contributed by atoms with van der Waals surface area (Å²) in [5, 5.41) is 9.24. The number of aliphatic hydroxyl groups excluding tert-OH is 1. The highest BCUT2D eigenvalue weighted by molar-refractivity contribution is 4.81. The second-order valence-electron chi connectivity index (χ2n) is 7.59. The summed E-state index contributed by atoms with van der Waals surface area (Å²) in [5.74, 6) is 3.71. The van der Waals surface area contributed by atoms with E-state index in [1.807, 2.05) is 0 Å². The quantitative estimate of drug-likeness (QED) is 0.605. The van der Waals surface area contributed by atoms with Crippen LogP contribution in [0.3, 0.4) is 0 Å². The minimum absolute atomic E-state index is 0.428. The summed E-state index contributed by atoms with van der Waals surface area (Å²) in [6.45, 7) is 2.73. The van der Waals surface area contributed by atoms with Crippen LogP contribution in [-0.2, 0) is 0 Å². The van der Waals surface area contributed by atoms with Gasteiger partial charge in [-0.3, -0.25) is 0 Å². The first-order valence-electron chi connectivity index (χ1n) is 9.44. The van der Waals surface area contributed by atoms with E-state index in [0.29, 0.717) is 12.5 Å². The van der Waals surface area contributed by atoms with Gasteiger partial charge >= 0.3 is 0 Å². The Kier molecular flexibility index (Phi) is 7.41. The Bertz CT molecular complexity index is 234. The van der Waals surface area contributed by atoms with Gasteiger partial charge in [0, 0.05) is 6.61 Å². The third-order valence-electron chi connectivity index (χ3n) is 6.17. The smallest absolute Gasteiger partial charge is 0.0459 e. The second-order valence-corrected chi connectivity index (χ2v) is 7.59. The summed E-state index contributed by atoms with van der Waals surface area (Å²) >= 11 is 0. The van der Waals surface area contributed by atoms with Gasteiger partial charge in [-0.05, 0) is 62.2 Å². The zero-order valence-corrected chi connectivity index (χ0v) is 13.7. The maximum Gasteiger partial charge on any atom is 0.0459 e. The average molecular weight is 280 g/mol. The molecule has 0 heterocycles. The molecule has 2 aliphatic carbocycles. The van der Waals surface area contributed by atoms with Crippen molar-refractivity contribution in [3.05, 3.63) is 0 Å². The lowest BCUT2D eigenvalue weighted by Gasteiger charge is -2.37. The Morgan fingerprint density at radius 1 is 0.700 bits per heavy atom. The molecule has 0 radical (unpaired) electrons. The highest BCUT2D eigenvalue weighted by Crippen LogP contribution is 2.42. The van der Waals surface area contributed by atoms with Gasteiger partial charge < -0.3 is 5.11 Å². The molecule has 0 atom stereocenters. The summed E-state index contributed by atoms with van der Waals surface area (Å²) in [6.07, 6.45) is 18.7. The highest BCUT2D eigenvalue weighted by Gasteiger charge is 2.30. The predicted octanol–water partition coefficient (Wildman–Crippen LogP) is 5.56. The Morgan fingerprint density at radius 2 is 1.25 bits per heavy atom. The topological polar surface area (TPSA) is 20.2 Å². The lowest BCUT2D eigenvalue weighted by Crippen LogP contribution is -2.26. The SMILES string of the molecule is CCCCCC[C@H]1CC[C@H](C2CCC(CO)CC2)CC1. The van der Waals surface area contributed by atoms with E-state index in [0.717, 1.165) is 17.8 Å². The number of hydrogen-bond donors (Lipinski definition) is 1. The van der Waals surface area contributed by atoms with E-state index < -0.39 is 0 Å². The molecule has 20 heavy (non-hydrogen) atoms. The Hall–Kier alpha value is -0.0400. The molecule has 0 aromatic rings. The van der Waals surface area contributed by atoms with Crippen LogP contribution in [0.15, 0.2) is 0 Å². The normalized spacial score (nSPS) is 35.1. The lowest BCUT2D eigenvalue weighted by molar-refractivity contribution is 0.115. The molecule has 1 heteroatoms. The molecule has 118 valence electrons. The summed E-state index contributed by atoms with van der Waals surface area (Å²) in [6, 6.07) is 0. The van der Waals surface area contributed by atoms with E-state index >= 15 is 0 Å². The first-order valence-corrected chi connectivity index (χ1v) is 9.44. The van der Waals surface area contributed by atoms with Crippen LogP contribution in [-0.4, -0.2) is 11.7 Å². The van der Waals surface area contributed by atoms with Crippen molar-refractivity contribution in [3.63, 3.8) is 0 Å². The van der Waals surface area contributed by atoms with Crippen molar-refractivity contribution in [2.45, 2.75) is 90.4 Å². The van der Waals surface area contributed by atoms with Crippen molar-refractivity contribution < 1.29 is 5.11 Å². The van der Waals surface area contributed by atoms with E-state index in [1.54, 1.807) is 0 Å². The number of aliphatic hydroxyl groups is 1. The zero-order valence-electron chi connectivity index (χ0n) is 13.7. The summed E-state index contributed by atoms with van der Waals surface area (Å²) in [7, 11) is 0. The van der Waals surface area contributed by atoms with E-state index in [1.165, 1.54) is 83.5 Å². The molecule has 2 aliphatic rings. The first-order chi connectivity index (χ1) is 9.83. The number of unbranched alkanes of at least 4 members (excludes halogenated alkanes) is 3. The largest absolute Gasteiger partial charge is 0.396 e. The summed E-state index contributed by atoms with van der Waals surface area (Å²) in [5.41, 5.74) is 0. The molecule has 1 N–H and O–H groups in total. The molecule has 1 nitrogen and oxygen atoms in total. The van der Waals surface area contributed by atoms with Crippen LogP contribution < -0.4 is 0 Å². The molecule has 0 saturated heterocycles. The Labute approximate surface area is 126 Å². The molecule has 0 aromatic heterocycles. The molecule has 0 aromatic carbocycles. The van der Waals surface area contributed by atoms with Crippen molar-refractivity contribution in [2.75, 3.05) is 6.61 Å². The first kappa shape index (κ1) is 16.3. The van der Waals surface area contributed by atoms with Crippen LogP contribution in [0.4, 0.5) is 0 Å². The van der Waals surface area contributed by atoms with Crippen molar-refractivity contribution >= 4 is 0 Å². The van der Waals surface area contributed by atoms with E-state index in [4.69, 9.17) is 0 Å². The number of hydrogen-bond acceptors (Lipinski definition) is 1. The van der Waals surface area contributed by atoms with Gasteiger partial charge in [-0.25, -0.2) is 0 Å². The molecule has 0 bridgehead atoms. The molecule has 2 rings (SSSR count). The molecular weight excluding hydrogens is 244 g/mol. The van der Waals surface area contributed by atoms with E-state index in [9.17, 15) is 5.11 Å². The van der Waals surface area contributed by atoms with Gasteiger partial charge in [0.25, 0.3) is 0 Å². The third kappa shape index (κ3) is 5.06. The molecule has 0 unspecified atom stereocenters. The van der Waals surface area contributed by atoms with Crippen molar-refractivity contribution in [2.24, 2.45) is 23.7 Å². The standard InChI is InChI=1S/C19H36O/c1-2-3-4-5-6-16-7-11-18(12-8-16)19-13-9-17(15-20)10-14-19/h16-20H,2-15H2,1H3/t16-,17?,18-,19?. The van der Waals surface area contributed by atoms with Gasteiger partial charge in [-0.1, -0.05) is 51.9 Å². The zero-order chi connectivity index (χ0) is 14.2. The van der Waals surface area contributed by atoms with Gasteiger partial charge in [0.05, 0.1) is 0 Å². The van der Waals surface area contributed by atoms with Crippen LogP contribution in [0.25, 0.3) is 0 Å². The average Bonchev–Trinajstić information content (AvgIpc) is 2.52. The molecule has 0 aliphatic heterocycles. The monoisotopic (exact) mass is 280 g/mol. The van der Waals surface area contributed by atoms with E-state index in [-0.39, 0.29) is 0 Å². The highest BCUT2D eigenvalue weighted by atomic mass is 16.3. The maximum absolute atomic E-state index is 9.24. The van der Waals surface area contributed by atoms with E-state index in [2.05, 4.69) is 6.92 Å². The minimum atomic E-state index is 0.428. The fraction of sp³-hybridized carbons (Fsp3) is 1.00. The minimum Gasteiger partial charge on any atom is -0.396 e. The maximum atomic E-state index is 9.24. The number of rotatable bonds is 7. The third-order valence-corrected chi connectivity index (χ3v) is 6.17. The Morgan fingerprint density at radius 3 is 1.75 bits per heavy atom. The molecule has 2 fully saturated rings. The molecule has 0 spiro atoms. The fourth-order valence-electron chi connectivity index (χ4n) is 4.65. The van der Waals surface area contributed by atoms with Gasteiger partial charge in [0.1, 0.15) is 0 Å². The lowest BCUT2D eigenvalue weighted by atomic mass is 9.69. The van der Waals surface area contributed by atoms with Gasteiger partial charge in [-0.2, -0.15) is 0 Å². The van der Waals surface area contributed by atoms with Crippen molar-refractivity contribution in [3.8, 4) is 0 Å². The molecule has 0 amide bonds. The van der Waals surface area contributed by atoms with Crippen LogP contribution in [0.5, 0.6) is 0 Å². The second kappa shape index (κ2) is 9.07. The van der Waals surface area contributed by atoms with Gasteiger partial charge in [-0.15, -0.1) is 0 Å². The Balaban J connectivity index is 1.59. The summed E-state index contributed by atoms with van der Waals surface area (Å²) < 4.78 is 0. The van der Waals surface area contributed by atoms with Crippen molar-refractivity contribution in [1.29, 1.82) is 0 Å². The summed E-state index contributed by atoms with van der Waals surface area (Å²) in [4.78, 5) is 0. The van der Waals surface area contributed by atoms with Crippen LogP contribution >= 0.6 is 0 Å². The molecular formula is C19H36O. The van der Waals surface area contributed by atoms with Crippen LogP contribution in [0.2, 0.25) is 0 Å².